The number of aromatic nitrogens is 3. The lowest BCUT2D eigenvalue weighted by Crippen LogP contribution is -2.20. The summed E-state index contributed by atoms with van der Waals surface area (Å²) in [5.74, 6) is 0.902. The third-order valence-corrected chi connectivity index (χ3v) is 6.03. The van der Waals surface area contributed by atoms with E-state index in [0.717, 1.165) is 41.6 Å². The molecule has 30 heavy (non-hydrogen) atoms. The van der Waals surface area contributed by atoms with E-state index in [1.165, 1.54) is 19.3 Å². The fraction of sp³-hybridized carbons (Fsp3) is 0.455. The molecule has 1 aliphatic rings. The topological polar surface area (TPSA) is 85.6 Å². The lowest BCUT2D eigenvalue weighted by atomic mass is 9.98. The molecule has 1 aliphatic carbocycles. The highest BCUT2D eigenvalue weighted by Crippen LogP contribution is 2.30. The van der Waals surface area contributed by atoms with Crippen LogP contribution in [0.2, 0.25) is 0 Å². The van der Waals surface area contributed by atoms with Gasteiger partial charge < -0.3 is 4.74 Å². The van der Waals surface area contributed by atoms with Crippen LogP contribution < -0.4 is 9.46 Å². The van der Waals surface area contributed by atoms with Gasteiger partial charge in [-0.3, -0.25) is 4.72 Å². The molecule has 0 unspecified atom stereocenters. The van der Waals surface area contributed by atoms with Crippen LogP contribution in [0.1, 0.15) is 57.4 Å². The summed E-state index contributed by atoms with van der Waals surface area (Å²) in [5, 5.41) is 4.57. The van der Waals surface area contributed by atoms with Crippen LogP contribution in [0, 0.1) is 0 Å². The van der Waals surface area contributed by atoms with Crippen molar-refractivity contribution in [2.45, 2.75) is 58.0 Å². The number of hydrogen-bond donors (Lipinski definition) is 1. The summed E-state index contributed by atoms with van der Waals surface area (Å²) in [5.41, 5.74) is 4.16. The fourth-order valence-corrected chi connectivity index (χ4v) is 4.47. The van der Waals surface area contributed by atoms with E-state index in [2.05, 4.69) is 23.7 Å². The van der Waals surface area contributed by atoms with Crippen LogP contribution >= 0.6 is 0 Å². The quantitative estimate of drug-likeness (QED) is 0.620. The number of anilines is 1. The number of fused-ring (bicyclic) bond motifs is 1. The van der Waals surface area contributed by atoms with Crippen molar-refractivity contribution >= 4 is 21.4 Å². The Morgan fingerprint density at radius 3 is 2.47 bits per heavy atom. The maximum atomic E-state index is 11.5. The Kier molecular flexibility index (Phi) is 5.69. The van der Waals surface area contributed by atoms with Crippen molar-refractivity contribution in [3.05, 3.63) is 42.1 Å². The third kappa shape index (κ3) is 4.59. The van der Waals surface area contributed by atoms with Crippen LogP contribution in [0.3, 0.4) is 0 Å². The molecule has 0 amide bonds. The zero-order chi connectivity index (χ0) is 21.3. The van der Waals surface area contributed by atoms with E-state index < -0.39 is 10.0 Å². The van der Waals surface area contributed by atoms with E-state index in [1.54, 1.807) is 12.1 Å². The molecular weight excluding hydrogens is 400 g/mol. The molecule has 0 bridgehead atoms. The van der Waals surface area contributed by atoms with Crippen LogP contribution in [-0.2, 0) is 10.0 Å². The standard InChI is InChI=1S/C22H28N4O3S/c1-15(2)19-14-23-26-20(16-9-11-17(12-10-16)25-30(3,27)28)13-21(24-22(19)26)29-18-7-5-4-6-8-18/h9-15,18,25H,4-8H2,1-3H3. The Balaban J connectivity index is 1.75. The van der Waals surface area contributed by atoms with Crippen molar-refractivity contribution in [3.63, 3.8) is 0 Å². The predicted octanol–water partition coefficient (Wildman–Crippen LogP) is 4.60. The number of ether oxygens (including phenoxy) is 1. The molecule has 2 aromatic heterocycles. The van der Waals surface area contributed by atoms with Crippen LogP contribution in [0.4, 0.5) is 5.69 Å². The minimum Gasteiger partial charge on any atom is -0.474 e. The van der Waals surface area contributed by atoms with Gasteiger partial charge in [0.05, 0.1) is 18.1 Å². The van der Waals surface area contributed by atoms with Crippen LogP contribution in [0.15, 0.2) is 36.5 Å². The molecule has 2 heterocycles. The average molecular weight is 429 g/mol. The summed E-state index contributed by atoms with van der Waals surface area (Å²) in [6, 6.07) is 9.18. The van der Waals surface area contributed by atoms with E-state index in [9.17, 15) is 8.42 Å². The molecule has 1 N–H and O–H groups in total. The van der Waals surface area contributed by atoms with Gasteiger partial charge in [0.1, 0.15) is 6.10 Å². The van der Waals surface area contributed by atoms with Crippen molar-refractivity contribution < 1.29 is 13.2 Å². The van der Waals surface area contributed by atoms with E-state index in [1.807, 2.05) is 28.9 Å². The van der Waals surface area contributed by atoms with Crippen LogP contribution in [0.25, 0.3) is 16.9 Å². The molecule has 3 aromatic rings. The van der Waals surface area contributed by atoms with E-state index in [-0.39, 0.29) is 12.0 Å². The number of sulfonamides is 1. The van der Waals surface area contributed by atoms with Gasteiger partial charge in [-0.25, -0.2) is 12.9 Å². The molecule has 0 aliphatic heterocycles. The zero-order valence-electron chi connectivity index (χ0n) is 17.6. The van der Waals surface area contributed by atoms with E-state index in [0.29, 0.717) is 11.6 Å². The molecular formula is C22H28N4O3S. The Morgan fingerprint density at radius 1 is 1.13 bits per heavy atom. The smallest absolute Gasteiger partial charge is 0.229 e. The van der Waals surface area contributed by atoms with Crippen LogP contribution in [0.5, 0.6) is 5.88 Å². The van der Waals surface area contributed by atoms with Gasteiger partial charge in [0, 0.05) is 22.9 Å². The number of nitrogens with one attached hydrogen (secondary N) is 1. The highest BCUT2D eigenvalue weighted by Gasteiger charge is 2.19. The van der Waals surface area contributed by atoms with Crippen molar-refractivity contribution in [2.75, 3.05) is 11.0 Å². The van der Waals surface area contributed by atoms with E-state index >= 15 is 0 Å². The lowest BCUT2D eigenvalue weighted by molar-refractivity contribution is 0.149. The first-order valence-corrected chi connectivity index (χ1v) is 12.3. The molecule has 1 saturated carbocycles. The second kappa shape index (κ2) is 8.26. The molecule has 1 fully saturated rings. The molecule has 160 valence electrons. The fourth-order valence-electron chi connectivity index (χ4n) is 3.91. The van der Waals surface area contributed by atoms with Crippen molar-refractivity contribution in [1.29, 1.82) is 0 Å². The van der Waals surface area contributed by atoms with Gasteiger partial charge in [-0.1, -0.05) is 32.4 Å². The van der Waals surface area contributed by atoms with Crippen LogP contribution in [-0.4, -0.2) is 35.4 Å². The highest BCUT2D eigenvalue weighted by molar-refractivity contribution is 7.92. The Bertz CT molecular complexity index is 1130. The van der Waals surface area contributed by atoms with Gasteiger partial charge in [-0.2, -0.15) is 10.1 Å². The SMILES string of the molecule is CC(C)c1cnn2c(-c3ccc(NS(C)(=O)=O)cc3)cc(OC3CCCCC3)nc12. The summed E-state index contributed by atoms with van der Waals surface area (Å²) >= 11 is 0. The first kappa shape index (κ1) is 20.7. The first-order valence-electron chi connectivity index (χ1n) is 10.4. The minimum atomic E-state index is -3.32. The predicted molar refractivity (Wildman–Crippen MR) is 118 cm³/mol. The Hall–Kier alpha value is -2.61. The average Bonchev–Trinajstić information content (AvgIpc) is 3.12. The number of hydrogen-bond acceptors (Lipinski definition) is 5. The van der Waals surface area contributed by atoms with Crippen molar-refractivity contribution in [1.82, 2.24) is 14.6 Å². The summed E-state index contributed by atoms with van der Waals surface area (Å²) in [6.45, 7) is 4.25. The minimum absolute atomic E-state index is 0.202. The van der Waals surface area contributed by atoms with Gasteiger partial charge in [0.2, 0.25) is 15.9 Å². The Labute approximate surface area is 177 Å². The normalized spacial score (nSPS) is 15.6. The maximum Gasteiger partial charge on any atom is 0.229 e. The van der Waals surface area contributed by atoms with Gasteiger partial charge >= 0.3 is 0 Å². The molecule has 0 radical (unpaired) electrons. The Morgan fingerprint density at radius 2 is 1.83 bits per heavy atom. The summed E-state index contributed by atoms with van der Waals surface area (Å²) < 4.78 is 33.6. The molecule has 1 aromatic carbocycles. The van der Waals surface area contributed by atoms with E-state index in [4.69, 9.17) is 9.72 Å². The number of nitrogens with zero attached hydrogens (tertiary/aromatic N) is 3. The first-order chi connectivity index (χ1) is 14.3. The second-order valence-corrected chi connectivity index (χ2v) is 10.0. The van der Waals surface area contributed by atoms with Gasteiger partial charge in [0.25, 0.3) is 0 Å². The largest absolute Gasteiger partial charge is 0.474 e. The maximum absolute atomic E-state index is 11.5. The third-order valence-electron chi connectivity index (χ3n) is 5.42. The molecule has 7 nitrogen and oxygen atoms in total. The van der Waals surface area contributed by atoms with Gasteiger partial charge in [0.15, 0.2) is 5.65 Å². The summed E-state index contributed by atoms with van der Waals surface area (Å²) in [7, 11) is -3.32. The molecule has 4 rings (SSSR count). The summed E-state index contributed by atoms with van der Waals surface area (Å²) in [6.07, 6.45) is 8.98. The monoisotopic (exact) mass is 428 g/mol. The lowest BCUT2D eigenvalue weighted by Gasteiger charge is -2.23. The summed E-state index contributed by atoms with van der Waals surface area (Å²) in [4.78, 5) is 4.79. The molecule has 0 spiro atoms. The molecule has 0 saturated heterocycles. The molecule has 8 heteroatoms. The number of benzene rings is 1. The number of rotatable bonds is 6. The highest BCUT2D eigenvalue weighted by atomic mass is 32.2. The molecule has 0 atom stereocenters. The van der Waals surface area contributed by atoms with Crippen molar-refractivity contribution in [2.24, 2.45) is 0 Å². The second-order valence-electron chi connectivity index (χ2n) is 8.30. The van der Waals surface area contributed by atoms with Gasteiger partial charge in [-0.05, 0) is 43.7 Å². The zero-order valence-corrected chi connectivity index (χ0v) is 18.4. The van der Waals surface area contributed by atoms with Gasteiger partial charge in [-0.15, -0.1) is 0 Å². The van der Waals surface area contributed by atoms with Crippen molar-refractivity contribution in [3.8, 4) is 17.1 Å².